The van der Waals surface area contributed by atoms with Gasteiger partial charge in [0, 0.05) is 30.6 Å². The minimum Gasteiger partial charge on any atom is -0.314 e. The average molecular weight is 552 g/mol. The van der Waals surface area contributed by atoms with Crippen molar-refractivity contribution in [2.75, 3.05) is 24.0 Å². The summed E-state index contributed by atoms with van der Waals surface area (Å²) in [7, 11) is 1.88. The lowest BCUT2D eigenvalue weighted by Crippen LogP contribution is -2.24. The molecular weight excluding hydrogens is 529 g/mol. The van der Waals surface area contributed by atoms with Crippen molar-refractivity contribution in [2.45, 2.75) is 26.2 Å². The number of pyridine rings is 2. The second-order valence-electron chi connectivity index (χ2n) is 7.08. The maximum Gasteiger partial charge on any atom is 0.213 e. The fourth-order valence-corrected chi connectivity index (χ4v) is 4.98. The highest BCUT2D eigenvalue weighted by atomic mass is 32.2. The van der Waals surface area contributed by atoms with Gasteiger partial charge in [0.15, 0.2) is 5.01 Å². The maximum atomic E-state index is 13.2. The van der Waals surface area contributed by atoms with Crippen LogP contribution in [0.1, 0.15) is 24.8 Å². The number of anilines is 1. The molecule has 0 saturated carbocycles. The molecular formula is C22H23F2N7S4. The van der Waals surface area contributed by atoms with Crippen molar-refractivity contribution < 1.29 is 8.78 Å². The van der Waals surface area contributed by atoms with E-state index in [1.54, 1.807) is 12.4 Å². The largest absolute Gasteiger partial charge is 0.314 e. The summed E-state index contributed by atoms with van der Waals surface area (Å²) in [5.41, 5.74) is 1.31. The van der Waals surface area contributed by atoms with Crippen LogP contribution in [0, 0.1) is 11.6 Å². The second-order valence-corrected chi connectivity index (χ2v) is 10.6. The van der Waals surface area contributed by atoms with Crippen molar-refractivity contribution in [1.82, 2.24) is 30.4 Å². The summed E-state index contributed by atoms with van der Waals surface area (Å²) in [6, 6.07) is 2.81. The molecule has 0 aromatic carbocycles. The number of hydrogen-bond acceptors (Lipinski definition) is 10. The minimum atomic E-state index is -0.384. The standard InChI is InChI=1S/C13H15FN4S3.C9H8FN3S/c1-18(11(19)4-3-5-20-2)13-17-16-12(21-13)9-6-10(14)8-15-7-9;1-2-8-12-13-9(14-8)6-3-7(10)5-11-4-6/h6-8H,3-5H2,1-2H3;3-5H,2H2,1H3. The number of thiocarbonyl (C=S) groups is 1. The molecule has 0 radical (unpaired) electrons. The molecule has 0 N–H and O–H groups in total. The Labute approximate surface area is 220 Å². The van der Waals surface area contributed by atoms with E-state index in [2.05, 4.69) is 36.6 Å². The zero-order valence-corrected chi connectivity index (χ0v) is 22.6. The number of rotatable bonds is 8. The van der Waals surface area contributed by atoms with Gasteiger partial charge in [-0.1, -0.05) is 41.8 Å². The summed E-state index contributed by atoms with van der Waals surface area (Å²) in [5, 5.41) is 19.1. The molecule has 0 amide bonds. The molecule has 0 fully saturated rings. The van der Waals surface area contributed by atoms with Gasteiger partial charge < -0.3 is 4.90 Å². The lowest BCUT2D eigenvalue weighted by Gasteiger charge is -2.15. The zero-order chi connectivity index (χ0) is 25.2. The number of nitrogens with zero attached hydrogens (tertiary/aromatic N) is 7. The van der Waals surface area contributed by atoms with Crippen LogP contribution in [-0.4, -0.2) is 54.4 Å². The van der Waals surface area contributed by atoms with Crippen molar-refractivity contribution in [2.24, 2.45) is 0 Å². The molecule has 4 aromatic heterocycles. The molecule has 0 spiro atoms. The SMILES string of the molecule is CCc1nnc(-c2cncc(F)c2)s1.CSCCCC(=S)N(C)c1nnc(-c2cncc(F)c2)s1. The molecule has 4 aromatic rings. The molecule has 0 aliphatic heterocycles. The third-order valence-corrected chi connectivity index (χ3v) is 7.83. The zero-order valence-electron chi connectivity index (χ0n) is 19.3. The Bertz CT molecular complexity index is 1250. The van der Waals surface area contributed by atoms with Gasteiger partial charge in [-0.2, -0.15) is 11.8 Å². The Morgan fingerprint density at radius 1 is 0.943 bits per heavy atom. The smallest absolute Gasteiger partial charge is 0.213 e. The highest BCUT2D eigenvalue weighted by Crippen LogP contribution is 2.28. The van der Waals surface area contributed by atoms with Gasteiger partial charge in [0.1, 0.15) is 21.6 Å². The third-order valence-electron chi connectivity index (χ3n) is 4.49. The number of aryl methyl sites for hydroxylation is 1. The average Bonchev–Trinajstić information content (AvgIpc) is 3.54. The van der Waals surface area contributed by atoms with Crippen molar-refractivity contribution >= 4 is 56.8 Å². The van der Waals surface area contributed by atoms with Crippen molar-refractivity contribution in [1.29, 1.82) is 0 Å². The van der Waals surface area contributed by atoms with Gasteiger partial charge in [0.2, 0.25) is 5.13 Å². The first-order valence-corrected chi connectivity index (χ1v) is 14.0. The van der Waals surface area contributed by atoms with Crippen molar-refractivity contribution in [3.8, 4) is 21.1 Å². The molecule has 0 aliphatic rings. The van der Waals surface area contributed by atoms with Gasteiger partial charge in [0.05, 0.1) is 17.4 Å². The summed E-state index contributed by atoms with van der Waals surface area (Å²) < 4.78 is 26.0. The van der Waals surface area contributed by atoms with Gasteiger partial charge in [-0.3, -0.25) is 9.97 Å². The van der Waals surface area contributed by atoms with Crippen LogP contribution in [0.4, 0.5) is 13.9 Å². The number of aromatic nitrogens is 6. The summed E-state index contributed by atoms with van der Waals surface area (Å²) in [6.45, 7) is 2.01. The van der Waals surface area contributed by atoms with Crippen LogP contribution in [-0.2, 0) is 6.42 Å². The number of halogens is 2. The van der Waals surface area contributed by atoms with E-state index in [-0.39, 0.29) is 11.6 Å². The first kappa shape index (κ1) is 27.1. The molecule has 0 saturated heterocycles. The highest BCUT2D eigenvalue weighted by Gasteiger charge is 2.14. The Hall–Kier alpha value is -2.48. The Kier molecular flexibility index (Phi) is 10.5. The molecule has 0 atom stereocenters. The van der Waals surface area contributed by atoms with Gasteiger partial charge in [0.25, 0.3) is 0 Å². The van der Waals surface area contributed by atoms with Gasteiger partial charge >= 0.3 is 0 Å². The maximum absolute atomic E-state index is 13.2. The Morgan fingerprint density at radius 3 is 2.09 bits per heavy atom. The number of hydrogen-bond donors (Lipinski definition) is 0. The van der Waals surface area contributed by atoms with E-state index < -0.39 is 0 Å². The van der Waals surface area contributed by atoms with E-state index in [9.17, 15) is 8.78 Å². The lowest BCUT2D eigenvalue weighted by atomic mass is 10.3. The van der Waals surface area contributed by atoms with Crippen LogP contribution >= 0.6 is 46.7 Å². The van der Waals surface area contributed by atoms with Crippen molar-refractivity contribution in [3.05, 3.63) is 53.6 Å². The fraction of sp³-hybridized carbons (Fsp3) is 0.318. The van der Waals surface area contributed by atoms with Crippen LogP contribution in [0.5, 0.6) is 0 Å². The van der Waals surface area contributed by atoms with Crippen LogP contribution in [0.3, 0.4) is 0 Å². The Morgan fingerprint density at radius 2 is 1.54 bits per heavy atom. The van der Waals surface area contributed by atoms with E-state index in [1.807, 2.05) is 30.6 Å². The summed E-state index contributed by atoms with van der Waals surface area (Å²) in [5.74, 6) is 0.352. The van der Waals surface area contributed by atoms with E-state index in [0.29, 0.717) is 26.3 Å². The van der Waals surface area contributed by atoms with E-state index in [1.165, 1.54) is 47.2 Å². The molecule has 0 bridgehead atoms. The predicted molar refractivity (Wildman–Crippen MR) is 144 cm³/mol. The Balaban J connectivity index is 0.000000211. The van der Waals surface area contributed by atoms with Crippen LogP contribution < -0.4 is 4.90 Å². The van der Waals surface area contributed by atoms with E-state index >= 15 is 0 Å². The van der Waals surface area contributed by atoms with Crippen LogP contribution in [0.2, 0.25) is 0 Å². The van der Waals surface area contributed by atoms with E-state index in [0.717, 1.165) is 35.0 Å². The predicted octanol–water partition coefficient (Wildman–Crippen LogP) is 5.95. The molecule has 7 nitrogen and oxygen atoms in total. The third kappa shape index (κ3) is 8.02. The molecule has 0 aliphatic carbocycles. The van der Waals surface area contributed by atoms with Gasteiger partial charge in [-0.25, -0.2) is 8.78 Å². The quantitative estimate of drug-likeness (QED) is 0.195. The monoisotopic (exact) mass is 551 g/mol. The summed E-state index contributed by atoms with van der Waals surface area (Å²) in [6.07, 6.45) is 10.3. The normalized spacial score (nSPS) is 10.5. The van der Waals surface area contributed by atoms with Gasteiger partial charge in [-0.15, -0.1) is 20.4 Å². The topological polar surface area (TPSA) is 80.6 Å². The van der Waals surface area contributed by atoms with Crippen molar-refractivity contribution in [3.63, 3.8) is 0 Å². The first-order valence-electron chi connectivity index (χ1n) is 10.5. The summed E-state index contributed by atoms with van der Waals surface area (Å²) >= 11 is 10.1. The molecule has 13 heteroatoms. The van der Waals surface area contributed by atoms with Crippen LogP contribution in [0.25, 0.3) is 21.1 Å². The van der Waals surface area contributed by atoms with Gasteiger partial charge in [-0.05, 0) is 43.4 Å². The molecule has 184 valence electrons. The highest BCUT2D eigenvalue weighted by molar-refractivity contribution is 7.98. The van der Waals surface area contributed by atoms with E-state index in [4.69, 9.17) is 12.2 Å². The van der Waals surface area contributed by atoms with Crippen LogP contribution in [0.15, 0.2) is 36.9 Å². The molecule has 0 unspecified atom stereocenters. The molecule has 35 heavy (non-hydrogen) atoms. The second kappa shape index (κ2) is 13.6. The summed E-state index contributed by atoms with van der Waals surface area (Å²) in [4.78, 5) is 10.3. The first-order chi connectivity index (χ1) is 16.9. The molecule has 4 rings (SSSR count). The lowest BCUT2D eigenvalue weighted by molar-refractivity contribution is 0.621. The number of thioether (sulfide) groups is 1. The fourth-order valence-electron chi connectivity index (χ4n) is 2.68. The minimum absolute atomic E-state index is 0.351. The molecule has 4 heterocycles.